The Morgan fingerprint density at radius 1 is 1.21 bits per heavy atom. The second-order valence-electron chi connectivity index (χ2n) is 7.09. The molecule has 0 amide bonds. The van der Waals surface area contributed by atoms with E-state index in [1.165, 1.54) is 24.3 Å². The van der Waals surface area contributed by atoms with E-state index in [0.717, 1.165) is 9.25 Å². The number of benzene rings is 2. The highest BCUT2D eigenvalue weighted by molar-refractivity contribution is 6.34. The molecule has 4 N–H and O–H groups in total. The molecule has 2 aromatic carbocycles. The molecule has 13 heteroatoms. The first-order valence-corrected chi connectivity index (χ1v) is 10.4. The van der Waals surface area contributed by atoms with Crippen molar-refractivity contribution in [3.05, 3.63) is 86.9 Å². The molecule has 0 fully saturated rings. The second-order valence-corrected chi connectivity index (χ2v) is 7.93. The number of rotatable bonds is 7. The number of aliphatic hydroxyl groups is 1. The van der Waals surface area contributed by atoms with Crippen molar-refractivity contribution in [2.24, 2.45) is 10.8 Å². The molecule has 8 nitrogen and oxygen atoms in total. The summed E-state index contributed by atoms with van der Waals surface area (Å²) < 4.78 is 40.5. The summed E-state index contributed by atoms with van der Waals surface area (Å²) in [6.07, 6.45) is -7.70. The van der Waals surface area contributed by atoms with Crippen LogP contribution in [-0.4, -0.2) is 37.6 Å². The zero-order valence-electron chi connectivity index (χ0n) is 17.4. The molecule has 0 bridgehead atoms. The van der Waals surface area contributed by atoms with E-state index in [0.29, 0.717) is 21.2 Å². The van der Waals surface area contributed by atoms with Crippen LogP contribution in [0.4, 0.5) is 13.2 Å². The Hall–Kier alpha value is -3.12. The van der Waals surface area contributed by atoms with E-state index in [4.69, 9.17) is 29.0 Å². The first-order valence-electron chi connectivity index (χ1n) is 9.67. The summed E-state index contributed by atoms with van der Waals surface area (Å²) >= 11 is 12.0. The molecule has 0 aliphatic carbocycles. The highest BCUT2D eigenvalue weighted by Gasteiger charge is 2.39. The van der Waals surface area contributed by atoms with Crippen molar-refractivity contribution in [1.82, 2.24) is 19.8 Å². The smallest absolute Gasteiger partial charge is 0.382 e. The molecule has 34 heavy (non-hydrogen) atoms. The molecule has 1 aromatic heterocycles. The summed E-state index contributed by atoms with van der Waals surface area (Å²) in [4.78, 5) is 17.1. The molecule has 180 valence electrons. The average molecular weight is 515 g/mol. The highest BCUT2D eigenvalue weighted by atomic mass is 35.5. The molecular weight excluding hydrogens is 496 g/mol. The topological polar surface area (TPSA) is 110 Å². The molecule has 0 saturated carbocycles. The van der Waals surface area contributed by atoms with Crippen molar-refractivity contribution in [2.75, 3.05) is 0 Å². The number of halogens is 5. The Morgan fingerprint density at radius 3 is 2.44 bits per heavy atom. The number of amidine groups is 1. The molecule has 1 atom stereocenters. The van der Waals surface area contributed by atoms with Gasteiger partial charge in [-0.3, -0.25) is 4.57 Å². The number of nitrogens with one attached hydrogen (secondary N) is 1. The van der Waals surface area contributed by atoms with Gasteiger partial charge in [-0.05, 0) is 36.4 Å². The zero-order valence-corrected chi connectivity index (χ0v) is 18.9. The number of hydrogen-bond donors (Lipinski definition) is 3. The lowest BCUT2D eigenvalue weighted by Gasteiger charge is -2.15. The fourth-order valence-electron chi connectivity index (χ4n) is 2.99. The van der Waals surface area contributed by atoms with Crippen molar-refractivity contribution in [3.63, 3.8) is 0 Å². The van der Waals surface area contributed by atoms with Gasteiger partial charge >= 0.3 is 11.9 Å². The maximum Gasteiger partial charge on any atom is 0.416 e. The number of aliphatic hydroxyl groups excluding tert-OH is 1. The van der Waals surface area contributed by atoms with Crippen LogP contribution >= 0.6 is 23.2 Å². The molecule has 0 saturated heterocycles. The first kappa shape index (κ1) is 25.5. The van der Waals surface area contributed by atoms with Crippen LogP contribution in [0.1, 0.15) is 5.56 Å². The number of allylic oxidation sites excluding steroid dienone is 1. The Labute approximate surface area is 201 Å². The minimum absolute atomic E-state index is 0.0926. The van der Waals surface area contributed by atoms with Crippen LogP contribution in [0.5, 0.6) is 0 Å². The quantitative estimate of drug-likeness (QED) is 0.194. The van der Waals surface area contributed by atoms with Gasteiger partial charge in [0.15, 0.2) is 11.9 Å². The van der Waals surface area contributed by atoms with Crippen molar-refractivity contribution >= 4 is 29.0 Å². The highest BCUT2D eigenvalue weighted by Crippen LogP contribution is 2.24. The van der Waals surface area contributed by atoms with Crippen LogP contribution < -0.4 is 17.0 Å². The van der Waals surface area contributed by atoms with Crippen LogP contribution in [0.2, 0.25) is 10.0 Å². The number of nitrogens with two attached hydrogens (primary N) is 1. The van der Waals surface area contributed by atoms with Gasteiger partial charge in [0.2, 0.25) is 0 Å². The van der Waals surface area contributed by atoms with Crippen molar-refractivity contribution in [2.45, 2.75) is 25.4 Å². The molecule has 3 aromatic rings. The van der Waals surface area contributed by atoms with Crippen molar-refractivity contribution in [1.29, 1.82) is 0 Å². The number of hydrazine groups is 1. The molecule has 0 radical (unpaired) electrons. The number of aliphatic imine (C=N–C) groups is 1. The second kappa shape index (κ2) is 10.4. The summed E-state index contributed by atoms with van der Waals surface area (Å²) in [5.41, 5.74) is 2.41. The third-order valence-electron chi connectivity index (χ3n) is 4.63. The Bertz CT molecular complexity index is 1270. The van der Waals surface area contributed by atoms with Gasteiger partial charge in [-0.15, -0.1) is 5.10 Å². The molecule has 0 aliphatic heterocycles. The van der Waals surface area contributed by atoms with Crippen LogP contribution in [-0.2, 0) is 13.1 Å². The van der Waals surface area contributed by atoms with Gasteiger partial charge < -0.3 is 10.5 Å². The molecular formula is C21H19Cl2F3N6O2. The Morgan fingerprint density at radius 2 is 1.85 bits per heavy atom. The number of alkyl halides is 3. The normalized spacial score (nSPS) is 13.1. The third-order valence-corrected chi connectivity index (χ3v) is 5.21. The maximum atomic E-state index is 13.0. The van der Waals surface area contributed by atoms with Gasteiger partial charge in [0, 0.05) is 16.1 Å². The fourth-order valence-corrected chi connectivity index (χ4v) is 3.34. The molecule has 0 spiro atoms. The van der Waals surface area contributed by atoms with Gasteiger partial charge in [-0.2, -0.15) is 13.2 Å². The van der Waals surface area contributed by atoms with E-state index < -0.39 is 24.5 Å². The van der Waals surface area contributed by atoms with Gasteiger partial charge in [-0.1, -0.05) is 41.9 Å². The lowest BCUT2D eigenvalue weighted by molar-refractivity contribution is -0.207. The largest absolute Gasteiger partial charge is 0.416 e. The fraction of sp³-hybridized carbons (Fsp3) is 0.190. The monoisotopic (exact) mass is 514 g/mol. The van der Waals surface area contributed by atoms with Crippen LogP contribution in [0.25, 0.3) is 11.4 Å². The lowest BCUT2D eigenvalue weighted by atomic mass is 10.2. The minimum Gasteiger partial charge on any atom is -0.382 e. The van der Waals surface area contributed by atoms with E-state index in [1.54, 1.807) is 24.3 Å². The lowest BCUT2D eigenvalue weighted by Crippen LogP contribution is -2.37. The first-order chi connectivity index (χ1) is 16.0. The minimum atomic E-state index is -4.93. The summed E-state index contributed by atoms with van der Waals surface area (Å²) in [6, 6.07) is 12.7. The Balaban J connectivity index is 1.99. The summed E-state index contributed by atoms with van der Waals surface area (Å²) in [6.45, 7) is 2.45. The zero-order chi connectivity index (χ0) is 25.0. The SMILES string of the molecule is C=C(Cn1nc(-c2ccc(Cl)cc2)n(C[C@H](O)C(F)(F)F)c1=O)N=C(NN)c1ccccc1Cl. The average Bonchev–Trinajstić information content (AvgIpc) is 3.07. The van der Waals surface area contributed by atoms with Gasteiger partial charge in [-0.25, -0.2) is 20.3 Å². The van der Waals surface area contributed by atoms with Crippen LogP contribution in [0, 0.1) is 0 Å². The van der Waals surface area contributed by atoms with Crippen molar-refractivity contribution < 1.29 is 18.3 Å². The van der Waals surface area contributed by atoms with E-state index in [2.05, 4.69) is 22.1 Å². The van der Waals surface area contributed by atoms with Crippen molar-refractivity contribution in [3.8, 4) is 11.4 Å². The third kappa shape index (κ3) is 5.86. The van der Waals surface area contributed by atoms with E-state index in [-0.39, 0.29) is 23.9 Å². The summed E-state index contributed by atoms with van der Waals surface area (Å²) in [5, 5.41) is 14.4. The molecule has 3 rings (SSSR count). The predicted octanol–water partition coefficient (Wildman–Crippen LogP) is 3.37. The van der Waals surface area contributed by atoms with E-state index in [1.807, 2.05) is 0 Å². The summed E-state index contributed by atoms with van der Waals surface area (Å²) in [5.74, 6) is 5.61. The van der Waals surface area contributed by atoms with Gasteiger partial charge in [0.05, 0.1) is 23.8 Å². The van der Waals surface area contributed by atoms with Gasteiger partial charge in [0.25, 0.3) is 0 Å². The van der Waals surface area contributed by atoms with E-state index in [9.17, 15) is 23.1 Å². The number of nitrogens with zero attached hydrogens (tertiary/aromatic N) is 4. The standard InChI is InChI=1S/C21H19Cl2F3N6O2/c1-12(28-18(29-27)15-4-2-3-5-16(15)23)10-32-20(34)31(11-17(33)21(24,25)26)19(30-32)13-6-8-14(22)9-7-13/h2-9,17,33H,1,10-11,27H2,(H,28,29)/t17-/m0/s1. The Kier molecular flexibility index (Phi) is 7.82. The van der Waals surface area contributed by atoms with Gasteiger partial charge in [0.1, 0.15) is 5.84 Å². The van der Waals surface area contributed by atoms with E-state index >= 15 is 0 Å². The maximum absolute atomic E-state index is 13.0. The number of hydrogen-bond acceptors (Lipinski definition) is 5. The van der Waals surface area contributed by atoms with Crippen LogP contribution in [0.15, 0.2) is 70.6 Å². The summed E-state index contributed by atoms with van der Waals surface area (Å²) in [7, 11) is 0. The number of aromatic nitrogens is 3. The molecule has 1 heterocycles. The van der Waals surface area contributed by atoms with Crippen LogP contribution in [0.3, 0.4) is 0 Å². The molecule has 0 aliphatic rings. The predicted molar refractivity (Wildman–Crippen MR) is 123 cm³/mol. The molecule has 0 unspecified atom stereocenters.